The number of hydrogen-bond donors (Lipinski definition) is 11. The van der Waals surface area contributed by atoms with Crippen molar-refractivity contribution in [3.63, 3.8) is 0 Å². The van der Waals surface area contributed by atoms with Crippen molar-refractivity contribution in [1.29, 1.82) is 0 Å². The monoisotopic (exact) mass is 971 g/mol. The topological polar surface area (TPSA) is 321 Å². The molecule has 0 saturated carbocycles. The van der Waals surface area contributed by atoms with Gasteiger partial charge in [0.05, 0.1) is 31.5 Å². The molecule has 3 saturated heterocycles. The Morgan fingerprint density at radius 3 is 1.58 bits per heavy atom. The quantitative estimate of drug-likeness (QED) is 0.0323. The Kier molecular flexibility index (Phi) is 28.7. The van der Waals surface area contributed by atoms with Crippen LogP contribution < -0.4 is 0 Å². The number of carbonyl (C=O) groups is 2. The van der Waals surface area contributed by atoms with Gasteiger partial charge in [-0.2, -0.15) is 0 Å². The van der Waals surface area contributed by atoms with Crippen molar-refractivity contribution in [2.45, 2.75) is 260 Å². The molecular formula is C47H86O20. The Balaban J connectivity index is 1.48. The Labute approximate surface area is 395 Å². The fourth-order valence-corrected chi connectivity index (χ4v) is 8.52. The molecule has 394 valence electrons. The van der Waals surface area contributed by atoms with Crippen LogP contribution in [0.1, 0.15) is 156 Å². The molecule has 3 heterocycles. The average Bonchev–Trinajstić information content (AvgIpc) is 3.29. The number of aliphatic carboxylic acids is 1. The van der Waals surface area contributed by atoms with Crippen LogP contribution in [0.3, 0.4) is 0 Å². The van der Waals surface area contributed by atoms with Gasteiger partial charge < -0.3 is 89.3 Å². The third-order valence-corrected chi connectivity index (χ3v) is 12.8. The van der Waals surface area contributed by atoms with Crippen LogP contribution in [-0.4, -0.2) is 192 Å². The molecule has 20 heteroatoms. The molecule has 0 aromatic carbocycles. The van der Waals surface area contributed by atoms with Gasteiger partial charge in [-0.3, -0.25) is 4.79 Å². The molecule has 17 atom stereocenters. The highest BCUT2D eigenvalue weighted by Gasteiger charge is 2.51. The van der Waals surface area contributed by atoms with Gasteiger partial charge in [0.1, 0.15) is 67.6 Å². The van der Waals surface area contributed by atoms with Gasteiger partial charge in [0, 0.05) is 6.42 Å². The van der Waals surface area contributed by atoms with Gasteiger partial charge in [0.2, 0.25) is 0 Å². The Hall–Kier alpha value is -1.70. The van der Waals surface area contributed by atoms with Crippen molar-refractivity contribution in [2.24, 2.45) is 5.92 Å². The number of unbranched alkanes of at least 4 members (excludes halogenated alkanes) is 12. The number of ether oxygens (including phenoxy) is 7. The minimum absolute atomic E-state index is 0.0120. The van der Waals surface area contributed by atoms with E-state index in [1.54, 1.807) is 0 Å². The second-order valence-corrected chi connectivity index (χ2v) is 19.2. The molecule has 0 radical (unpaired) electrons. The van der Waals surface area contributed by atoms with Gasteiger partial charge in [-0.1, -0.05) is 111 Å². The van der Waals surface area contributed by atoms with Crippen molar-refractivity contribution in [3.8, 4) is 0 Å². The molecule has 3 rings (SSSR count). The molecule has 0 bridgehead atoms. The highest BCUT2D eigenvalue weighted by atomic mass is 16.8. The lowest BCUT2D eigenvalue weighted by molar-refractivity contribution is -0.380. The predicted octanol–water partition coefficient (Wildman–Crippen LogP) is 1.68. The lowest BCUT2D eigenvalue weighted by Gasteiger charge is -2.46. The average molecular weight is 971 g/mol. The summed E-state index contributed by atoms with van der Waals surface area (Å²) in [6.07, 6.45) is -7.52. The van der Waals surface area contributed by atoms with Crippen LogP contribution in [0.2, 0.25) is 0 Å². The normalized spacial score (nSPS) is 32.2. The Bertz CT molecular complexity index is 1330. The molecule has 3 fully saturated rings. The summed E-state index contributed by atoms with van der Waals surface area (Å²) in [6, 6.07) is 0. The summed E-state index contributed by atoms with van der Waals surface area (Å²) in [7, 11) is 0. The first kappa shape index (κ1) is 59.6. The minimum Gasteiger partial charge on any atom is -0.479 e. The number of aliphatic hydroxyl groups excluding tert-OH is 10. The number of carboxylic acids is 1. The first-order valence-electron chi connectivity index (χ1n) is 25.0. The van der Waals surface area contributed by atoms with Crippen LogP contribution in [0.15, 0.2) is 0 Å². The molecule has 11 N–H and O–H groups in total. The lowest BCUT2D eigenvalue weighted by atomic mass is 9.98. The number of carboxylic acid groups (broad SMARTS) is 1. The third kappa shape index (κ3) is 21.3. The smallest absolute Gasteiger partial charge is 0.332 e. The fourth-order valence-electron chi connectivity index (χ4n) is 8.52. The molecule has 67 heavy (non-hydrogen) atoms. The summed E-state index contributed by atoms with van der Waals surface area (Å²) in [5.74, 6) is -1.75. The Morgan fingerprint density at radius 1 is 0.567 bits per heavy atom. The van der Waals surface area contributed by atoms with Gasteiger partial charge in [0.15, 0.2) is 25.0 Å². The largest absolute Gasteiger partial charge is 0.479 e. The molecular weight excluding hydrogens is 884 g/mol. The molecule has 20 nitrogen and oxygen atoms in total. The standard InChI is InChI=1S/C47H86O20/c1-4-5-19-29(20-18-23-31(49)30(48)21-16-14-12-10-8-6-7-9-11-13-15-17-22-32(50)44(59)60)64-46-42(37(54)33(51)25-62-46)67-47-43(38(55)34(52)26-63-47)66-45-41(58)40(57)39(56)35(65-45)27-61-36(53)24-28(2)3/h28-35,37-43,45-52,54-58H,4-27H2,1-3H3,(H,59,60)/t29-,30+,31+,32-,33+,34+,35+,37-,38-,39+,40-,41+,42+,43+,45-,46-,47-/m1/s1. The predicted molar refractivity (Wildman–Crippen MR) is 239 cm³/mol. The van der Waals surface area contributed by atoms with Crippen molar-refractivity contribution in [3.05, 3.63) is 0 Å². The third-order valence-electron chi connectivity index (χ3n) is 12.8. The number of carbonyl (C=O) groups excluding carboxylic acids is 1. The number of esters is 1. The highest BCUT2D eigenvalue weighted by molar-refractivity contribution is 5.71. The highest BCUT2D eigenvalue weighted by Crippen LogP contribution is 2.32. The van der Waals surface area contributed by atoms with Gasteiger partial charge in [-0.25, -0.2) is 4.79 Å². The zero-order valence-corrected chi connectivity index (χ0v) is 40.0. The van der Waals surface area contributed by atoms with Gasteiger partial charge >= 0.3 is 11.9 Å². The maximum atomic E-state index is 12.2. The van der Waals surface area contributed by atoms with E-state index in [2.05, 4.69) is 0 Å². The van der Waals surface area contributed by atoms with E-state index in [-0.39, 0.29) is 18.9 Å². The summed E-state index contributed by atoms with van der Waals surface area (Å²) in [6.45, 7) is 4.40. The van der Waals surface area contributed by atoms with E-state index in [0.717, 1.165) is 89.9 Å². The molecule has 0 spiro atoms. The zero-order chi connectivity index (χ0) is 49.5. The lowest BCUT2D eigenvalue weighted by Crippen LogP contribution is -2.64. The van der Waals surface area contributed by atoms with Gasteiger partial charge in [-0.05, 0) is 44.4 Å². The van der Waals surface area contributed by atoms with E-state index in [9.17, 15) is 60.7 Å². The van der Waals surface area contributed by atoms with Crippen LogP contribution in [0.25, 0.3) is 0 Å². The van der Waals surface area contributed by atoms with Crippen LogP contribution in [0.4, 0.5) is 0 Å². The first-order valence-corrected chi connectivity index (χ1v) is 25.0. The summed E-state index contributed by atoms with van der Waals surface area (Å²) in [4.78, 5) is 22.9. The number of hydrogen-bond acceptors (Lipinski definition) is 19. The van der Waals surface area contributed by atoms with Crippen molar-refractivity contribution in [2.75, 3.05) is 19.8 Å². The van der Waals surface area contributed by atoms with Crippen molar-refractivity contribution in [1.82, 2.24) is 0 Å². The zero-order valence-electron chi connectivity index (χ0n) is 40.0. The van der Waals surface area contributed by atoms with Crippen molar-refractivity contribution >= 4 is 11.9 Å². The van der Waals surface area contributed by atoms with Crippen LogP contribution >= 0.6 is 0 Å². The second-order valence-electron chi connectivity index (χ2n) is 19.2. The van der Waals surface area contributed by atoms with E-state index in [0.29, 0.717) is 38.5 Å². The Morgan fingerprint density at radius 2 is 1.04 bits per heavy atom. The number of aliphatic hydroxyl groups is 10. The van der Waals surface area contributed by atoms with Gasteiger partial charge in [0.25, 0.3) is 0 Å². The molecule has 0 aromatic heterocycles. The summed E-state index contributed by atoms with van der Waals surface area (Å²) in [5.41, 5.74) is 0. The van der Waals surface area contributed by atoms with Crippen LogP contribution in [0, 0.1) is 5.92 Å². The van der Waals surface area contributed by atoms with E-state index in [1.165, 1.54) is 0 Å². The van der Waals surface area contributed by atoms with Crippen LogP contribution in [0.5, 0.6) is 0 Å². The van der Waals surface area contributed by atoms with Gasteiger partial charge in [-0.15, -0.1) is 0 Å². The molecule has 0 unspecified atom stereocenters. The van der Waals surface area contributed by atoms with E-state index >= 15 is 0 Å². The van der Waals surface area contributed by atoms with E-state index < -0.39 is 129 Å². The number of rotatable bonds is 34. The van der Waals surface area contributed by atoms with E-state index in [4.69, 9.17) is 38.3 Å². The van der Waals surface area contributed by atoms with E-state index in [1.807, 2.05) is 20.8 Å². The SMILES string of the molecule is CCCC[C@H](CCC[C@H](O)[C@@H](O)CCCCCCCCCCCCCC[C@@H](O)C(=O)O)O[C@H]1OC[C@H](O)[C@@H](O)[C@@H]1O[C@H]1OC[C@H](O)[C@@H](O)[C@@H]1O[C@H]1O[C@@H](COC(=O)CC(C)C)[C@H](O)[C@@H](O)[C@@H]1O. The molecule has 3 aliphatic heterocycles. The minimum atomic E-state index is -1.88. The summed E-state index contributed by atoms with van der Waals surface area (Å²) in [5, 5.41) is 115. The summed E-state index contributed by atoms with van der Waals surface area (Å²) < 4.78 is 40.8. The summed E-state index contributed by atoms with van der Waals surface area (Å²) >= 11 is 0. The molecule has 0 aromatic rings. The van der Waals surface area contributed by atoms with Crippen LogP contribution in [-0.2, 0) is 42.7 Å². The first-order chi connectivity index (χ1) is 31.9. The maximum Gasteiger partial charge on any atom is 0.332 e. The molecule has 3 aliphatic rings. The molecule has 0 aliphatic carbocycles. The van der Waals surface area contributed by atoms with Crippen molar-refractivity contribution < 1.29 is 98.9 Å². The second kappa shape index (κ2) is 32.3. The molecule has 0 amide bonds. The maximum absolute atomic E-state index is 12.2. The fraction of sp³-hybridized carbons (Fsp3) is 0.957.